The molecule has 0 aliphatic rings. The molecule has 0 spiro atoms. The van der Waals surface area contributed by atoms with Gasteiger partial charge in [-0.15, -0.1) is 0 Å². The molecule has 9 aromatic carbocycles. The van der Waals surface area contributed by atoms with Crippen LogP contribution in [0.1, 0.15) is 0 Å². The summed E-state index contributed by atoms with van der Waals surface area (Å²) in [4.78, 5) is 10.7. The first kappa shape index (κ1) is 35.6. The highest BCUT2D eigenvalue weighted by molar-refractivity contribution is 6.14. The average molecular weight is 791 g/mol. The highest BCUT2D eigenvalue weighted by atomic mass is 15.1. The van der Waals surface area contributed by atoms with E-state index in [4.69, 9.17) is 9.97 Å². The smallest absolute Gasteiger partial charge is 0.162 e. The predicted molar refractivity (Wildman–Crippen MR) is 258 cm³/mol. The van der Waals surface area contributed by atoms with Gasteiger partial charge in [0.05, 0.1) is 27.6 Å². The molecule has 0 fully saturated rings. The zero-order valence-corrected chi connectivity index (χ0v) is 33.7. The van der Waals surface area contributed by atoms with Crippen molar-refractivity contribution in [3.05, 3.63) is 231 Å². The normalized spacial score (nSPS) is 11.5. The van der Waals surface area contributed by atoms with Gasteiger partial charge in [-0.3, -0.25) is 4.57 Å². The van der Waals surface area contributed by atoms with Gasteiger partial charge in [-0.1, -0.05) is 164 Å². The van der Waals surface area contributed by atoms with E-state index in [-0.39, 0.29) is 0 Å². The molecule has 4 heteroatoms. The Morgan fingerprint density at radius 2 is 0.710 bits per heavy atom. The number of para-hydroxylation sites is 3. The number of hydrogen-bond acceptors (Lipinski definition) is 2. The average Bonchev–Trinajstić information content (AvgIpc) is 3.87. The first-order valence-electron chi connectivity index (χ1n) is 21.1. The molecule has 4 nitrogen and oxygen atoms in total. The summed E-state index contributed by atoms with van der Waals surface area (Å²) in [5.74, 6) is 0.695. The SMILES string of the molecule is c1ccc(-c2ccc3c(c2)c2cc(-c4cccc(-c5cccc(-c6nc(-c7ccccc7)nc7c6c6ccccc6n7-c6ccccc6)c5)c4)ccc2n3-c2ccccc2)cc1. The highest BCUT2D eigenvalue weighted by Gasteiger charge is 2.21. The lowest BCUT2D eigenvalue weighted by Crippen LogP contribution is -1.99. The van der Waals surface area contributed by atoms with E-state index in [0.717, 1.165) is 66.8 Å². The summed E-state index contributed by atoms with van der Waals surface area (Å²) in [5.41, 5.74) is 16.5. The van der Waals surface area contributed by atoms with Crippen LogP contribution >= 0.6 is 0 Å². The third kappa shape index (κ3) is 6.00. The van der Waals surface area contributed by atoms with Crippen molar-refractivity contribution >= 4 is 43.7 Å². The van der Waals surface area contributed by atoms with Gasteiger partial charge in [0.25, 0.3) is 0 Å². The van der Waals surface area contributed by atoms with Crippen molar-refractivity contribution in [2.45, 2.75) is 0 Å². The van der Waals surface area contributed by atoms with Gasteiger partial charge < -0.3 is 4.57 Å². The minimum absolute atomic E-state index is 0.695. The summed E-state index contributed by atoms with van der Waals surface area (Å²) in [6, 6.07) is 82.2. The van der Waals surface area contributed by atoms with Crippen LogP contribution in [0.15, 0.2) is 231 Å². The highest BCUT2D eigenvalue weighted by Crippen LogP contribution is 2.41. The van der Waals surface area contributed by atoms with Gasteiger partial charge in [-0.2, -0.15) is 0 Å². The van der Waals surface area contributed by atoms with Crippen LogP contribution in [-0.2, 0) is 0 Å². The lowest BCUT2D eigenvalue weighted by molar-refractivity contribution is 1.11. The van der Waals surface area contributed by atoms with E-state index < -0.39 is 0 Å². The van der Waals surface area contributed by atoms with Crippen molar-refractivity contribution in [3.8, 4) is 67.4 Å². The third-order valence-electron chi connectivity index (χ3n) is 12.1. The van der Waals surface area contributed by atoms with Gasteiger partial charge in [0.15, 0.2) is 5.82 Å². The van der Waals surface area contributed by atoms with Gasteiger partial charge in [-0.05, 0) is 100 Å². The summed E-state index contributed by atoms with van der Waals surface area (Å²) >= 11 is 0. The van der Waals surface area contributed by atoms with Crippen molar-refractivity contribution in [2.24, 2.45) is 0 Å². The maximum atomic E-state index is 5.38. The van der Waals surface area contributed by atoms with E-state index in [2.05, 4.69) is 221 Å². The summed E-state index contributed by atoms with van der Waals surface area (Å²) in [5, 5.41) is 4.61. The van der Waals surface area contributed by atoms with E-state index in [9.17, 15) is 0 Å². The molecular formula is C58H38N4. The summed E-state index contributed by atoms with van der Waals surface area (Å²) < 4.78 is 4.65. The Hall–Kier alpha value is -8.34. The number of nitrogens with zero attached hydrogens (tertiary/aromatic N) is 4. The Morgan fingerprint density at radius 3 is 1.32 bits per heavy atom. The van der Waals surface area contributed by atoms with Gasteiger partial charge in [0.2, 0.25) is 0 Å². The molecule has 0 radical (unpaired) electrons. The van der Waals surface area contributed by atoms with Crippen LogP contribution in [0, 0.1) is 0 Å². The molecule has 0 atom stereocenters. The van der Waals surface area contributed by atoms with Gasteiger partial charge >= 0.3 is 0 Å². The molecular weight excluding hydrogens is 753 g/mol. The second kappa shape index (κ2) is 14.7. The first-order valence-corrected chi connectivity index (χ1v) is 21.1. The Morgan fingerprint density at radius 1 is 0.274 bits per heavy atom. The number of aromatic nitrogens is 4. The van der Waals surface area contributed by atoms with Crippen molar-refractivity contribution in [1.29, 1.82) is 0 Å². The topological polar surface area (TPSA) is 35.6 Å². The lowest BCUT2D eigenvalue weighted by atomic mass is 9.96. The molecule has 62 heavy (non-hydrogen) atoms. The maximum absolute atomic E-state index is 5.38. The van der Waals surface area contributed by atoms with E-state index in [1.54, 1.807) is 0 Å². The minimum Gasteiger partial charge on any atom is -0.309 e. The fourth-order valence-corrected chi connectivity index (χ4v) is 9.21. The minimum atomic E-state index is 0.695. The van der Waals surface area contributed by atoms with Crippen LogP contribution in [0.5, 0.6) is 0 Å². The molecule has 0 saturated heterocycles. The van der Waals surface area contributed by atoms with Crippen LogP contribution in [0.25, 0.3) is 111 Å². The molecule has 3 aromatic heterocycles. The van der Waals surface area contributed by atoms with E-state index in [1.165, 1.54) is 38.5 Å². The predicted octanol–water partition coefficient (Wildman–Crippen LogP) is 15.0. The Balaban J connectivity index is 1.01. The monoisotopic (exact) mass is 790 g/mol. The van der Waals surface area contributed by atoms with Crippen LogP contribution in [-0.4, -0.2) is 19.1 Å². The maximum Gasteiger partial charge on any atom is 0.162 e. The number of rotatable bonds is 7. The van der Waals surface area contributed by atoms with Crippen LogP contribution in [0.2, 0.25) is 0 Å². The molecule has 0 unspecified atom stereocenters. The Bertz CT molecular complexity index is 3610. The third-order valence-corrected chi connectivity index (χ3v) is 12.1. The molecule has 0 aliphatic carbocycles. The zero-order chi connectivity index (χ0) is 41.0. The summed E-state index contributed by atoms with van der Waals surface area (Å²) in [6.45, 7) is 0. The fourth-order valence-electron chi connectivity index (χ4n) is 9.21. The van der Waals surface area contributed by atoms with Crippen molar-refractivity contribution < 1.29 is 0 Å². The van der Waals surface area contributed by atoms with Crippen LogP contribution in [0.3, 0.4) is 0 Å². The molecule has 290 valence electrons. The van der Waals surface area contributed by atoms with Crippen molar-refractivity contribution in [1.82, 2.24) is 19.1 Å². The summed E-state index contributed by atoms with van der Waals surface area (Å²) in [7, 11) is 0. The molecule has 0 saturated carbocycles. The quantitative estimate of drug-likeness (QED) is 0.161. The molecule has 0 aliphatic heterocycles. The number of fused-ring (bicyclic) bond motifs is 6. The second-order valence-electron chi connectivity index (χ2n) is 15.8. The second-order valence-corrected chi connectivity index (χ2v) is 15.8. The summed E-state index contributed by atoms with van der Waals surface area (Å²) in [6.07, 6.45) is 0. The molecule has 12 aromatic rings. The molecule has 12 rings (SSSR count). The van der Waals surface area contributed by atoms with Crippen molar-refractivity contribution in [2.75, 3.05) is 0 Å². The Kier molecular flexibility index (Phi) is 8.46. The Labute approximate surface area is 359 Å². The van der Waals surface area contributed by atoms with E-state index in [1.807, 2.05) is 18.2 Å². The van der Waals surface area contributed by atoms with Gasteiger partial charge in [0, 0.05) is 38.7 Å². The first-order chi connectivity index (χ1) is 30.7. The molecule has 0 N–H and O–H groups in total. The fraction of sp³-hybridized carbons (Fsp3) is 0. The van der Waals surface area contributed by atoms with E-state index in [0.29, 0.717) is 5.82 Å². The number of hydrogen-bond donors (Lipinski definition) is 0. The molecule has 0 bridgehead atoms. The number of benzene rings is 9. The molecule has 3 heterocycles. The largest absolute Gasteiger partial charge is 0.309 e. The van der Waals surface area contributed by atoms with Gasteiger partial charge in [-0.25, -0.2) is 9.97 Å². The van der Waals surface area contributed by atoms with Crippen molar-refractivity contribution in [3.63, 3.8) is 0 Å². The van der Waals surface area contributed by atoms with Crippen LogP contribution in [0.4, 0.5) is 0 Å². The standard InChI is InChI=1S/C58H38N4/c1-5-17-39(18-6-1)44-31-33-53-50(37-44)51-38-45(32-34-54(51)61(53)47-25-9-3-10-26-47)42-22-15-21-41(35-42)43-23-16-24-46(36-43)56-55-49-29-13-14-30-52(49)62(48-27-11-4-12-28-48)58(55)60-57(59-56)40-19-7-2-8-20-40/h1-38H. The lowest BCUT2D eigenvalue weighted by Gasteiger charge is -2.12. The zero-order valence-electron chi connectivity index (χ0n) is 33.7. The molecule has 0 amide bonds. The van der Waals surface area contributed by atoms with Crippen LogP contribution < -0.4 is 0 Å². The van der Waals surface area contributed by atoms with E-state index >= 15 is 0 Å². The van der Waals surface area contributed by atoms with Gasteiger partial charge in [0.1, 0.15) is 5.65 Å².